The average molecular weight is 646 g/mol. The minimum Gasteiger partial charge on any atom is -0.310 e. The molecule has 234 valence electrons. The second kappa shape index (κ2) is 10.8. The molecule has 0 saturated carbocycles. The Morgan fingerprint density at radius 2 is 1.18 bits per heavy atom. The molecule has 0 aliphatic heterocycles. The van der Waals surface area contributed by atoms with Gasteiger partial charge in [0.2, 0.25) is 0 Å². The van der Waals surface area contributed by atoms with Gasteiger partial charge in [-0.2, -0.15) is 0 Å². The Balaban J connectivity index is 1.13. The lowest BCUT2D eigenvalue weighted by atomic mass is 9.82. The molecule has 1 heterocycles. The summed E-state index contributed by atoms with van der Waals surface area (Å²) in [4.78, 5) is 3.96. The number of fused-ring (bicyclic) bond motifs is 9. The van der Waals surface area contributed by atoms with Crippen molar-refractivity contribution < 1.29 is 0 Å². The Labute approximate surface area is 291 Å². The van der Waals surface area contributed by atoms with Crippen LogP contribution >= 0.6 is 11.3 Å². The number of nitrogens with zero attached hydrogens (tertiary/aromatic N) is 1. The fraction of sp³-hybridized carbons (Fsp3) is 0.106. The van der Waals surface area contributed by atoms with Crippen molar-refractivity contribution >= 4 is 49.3 Å². The monoisotopic (exact) mass is 645 g/mol. The van der Waals surface area contributed by atoms with E-state index < -0.39 is 0 Å². The Bertz CT molecular complexity index is 2580. The van der Waals surface area contributed by atoms with Gasteiger partial charge in [0.1, 0.15) is 0 Å². The van der Waals surface area contributed by atoms with Crippen molar-refractivity contribution in [2.45, 2.75) is 32.1 Å². The second-order valence-electron chi connectivity index (χ2n) is 14.0. The topological polar surface area (TPSA) is 3.24 Å². The highest BCUT2D eigenvalue weighted by Crippen LogP contribution is 2.51. The molecule has 2 heteroatoms. The summed E-state index contributed by atoms with van der Waals surface area (Å²) in [6.45, 7) is 4.73. The zero-order valence-corrected chi connectivity index (χ0v) is 28.5. The smallest absolute Gasteiger partial charge is 0.0476 e. The molecule has 7 aromatic carbocycles. The van der Waals surface area contributed by atoms with Crippen LogP contribution in [0.4, 0.5) is 17.1 Å². The van der Waals surface area contributed by atoms with Crippen molar-refractivity contribution in [1.82, 2.24) is 0 Å². The van der Waals surface area contributed by atoms with E-state index in [-0.39, 0.29) is 5.41 Å². The van der Waals surface area contributed by atoms with Gasteiger partial charge in [0.25, 0.3) is 0 Å². The molecule has 1 aromatic heterocycles. The Morgan fingerprint density at radius 1 is 0.510 bits per heavy atom. The zero-order chi connectivity index (χ0) is 32.7. The molecule has 10 rings (SSSR count). The van der Waals surface area contributed by atoms with Gasteiger partial charge in [-0.3, -0.25) is 0 Å². The van der Waals surface area contributed by atoms with E-state index in [0.717, 1.165) is 18.5 Å². The molecule has 0 spiro atoms. The van der Waals surface area contributed by atoms with E-state index in [0.29, 0.717) is 0 Å². The maximum absolute atomic E-state index is 2.46. The number of rotatable bonds is 4. The van der Waals surface area contributed by atoms with Gasteiger partial charge in [-0.1, -0.05) is 129 Å². The van der Waals surface area contributed by atoms with Crippen molar-refractivity contribution in [3.05, 3.63) is 173 Å². The summed E-state index contributed by atoms with van der Waals surface area (Å²) in [5.74, 6) is 0. The minimum atomic E-state index is -0.0734. The third kappa shape index (κ3) is 4.37. The summed E-state index contributed by atoms with van der Waals surface area (Å²) in [5, 5.41) is 3.92. The number of hydrogen-bond donors (Lipinski definition) is 0. The molecule has 8 aromatic rings. The molecule has 0 atom stereocenters. The Kier molecular flexibility index (Phi) is 6.29. The maximum Gasteiger partial charge on any atom is 0.0476 e. The van der Waals surface area contributed by atoms with Crippen LogP contribution in [0.1, 0.15) is 35.4 Å². The summed E-state index contributed by atoms with van der Waals surface area (Å²) in [7, 11) is 0. The van der Waals surface area contributed by atoms with Gasteiger partial charge >= 0.3 is 0 Å². The van der Waals surface area contributed by atoms with Gasteiger partial charge in [0.15, 0.2) is 0 Å². The van der Waals surface area contributed by atoms with Crippen LogP contribution in [0, 0.1) is 0 Å². The van der Waals surface area contributed by atoms with E-state index in [4.69, 9.17) is 0 Å². The fourth-order valence-electron chi connectivity index (χ4n) is 8.52. The molecular weight excluding hydrogens is 611 g/mol. The third-order valence-corrected chi connectivity index (χ3v) is 12.2. The molecule has 2 aliphatic carbocycles. The molecule has 0 fully saturated rings. The third-order valence-electron chi connectivity index (χ3n) is 11.0. The lowest BCUT2D eigenvalue weighted by Crippen LogP contribution is -2.16. The molecule has 0 saturated heterocycles. The Hall–Kier alpha value is -5.44. The van der Waals surface area contributed by atoms with Gasteiger partial charge in [-0.05, 0) is 105 Å². The molecule has 0 N–H and O–H groups in total. The van der Waals surface area contributed by atoms with E-state index in [1.54, 1.807) is 0 Å². The highest BCUT2D eigenvalue weighted by atomic mass is 32.1. The van der Waals surface area contributed by atoms with Crippen LogP contribution in [0.5, 0.6) is 0 Å². The van der Waals surface area contributed by atoms with Gasteiger partial charge in [-0.15, -0.1) is 11.3 Å². The molecule has 0 bridgehead atoms. The first-order valence-corrected chi connectivity index (χ1v) is 18.1. The lowest BCUT2D eigenvalue weighted by Gasteiger charge is -2.28. The number of anilines is 3. The highest BCUT2D eigenvalue weighted by Gasteiger charge is 2.35. The maximum atomic E-state index is 2.46. The van der Waals surface area contributed by atoms with Crippen molar-refractivity contribution in [2.75, 3.05) is 4.90 Å². The predicted octanol–water partition coefficient (Wildman–Crippen LogP) is 13.3. The van der Waals surface area contributed by atoms with E-state index in [1.165, 1.54) is 87.2 Å². The van der Waals surface area contributed by atoms with Gasteiger partial charge in [-0.25, -0.2) is 0 Å². The summed E-state index contributed by atoms with van der Waals surface area (Å²) >= 11 is 1.97. The van der Waals surface area contributed by atoms with E-state index in [1.807, 2.05) is 11.3 Å². The van der Waals surface area contributed by atoms with Crippen molar-refractivity contribution in [3.63, 3.8) is 0 Å². The number of thiophene rings is 1. The predicted molar refractivity (Wildman–Crippen MR) is 210 cm³/mol. The van der Waals surface area contributed by atoms with Crippen LogP contribution in [0.2, 0.25) is 0 Å². The first-order valence-electron chi connectivity index (χ1n) is 17.3. The SMILES string of the molecule is CC1(C)c2ccccc2-c2ccc(N(c3ccc(-c4cccc5ccccc45)cc3)c3ccc4c5c(sc4c3)CCc3ccccc3-5)cc21. The summed E-state index contributed by atoms with van der Waals surface area (Å²) < 4.78 is 1.35. The molecule has 0 unspecified atom stereocenters. The molecule has 0 amide bonds. The fourth-order valence-corrected chi connectivity index (χ4v) is 9.77. The van der Waals surface area contributed by atoms with Gasteiger partial charge in [0, 0.05) is 43.0 Å². The zero-order valence-electron chi connectivity index (χ0n) is 27.7. The van der Waals surface area contributed by atoms with Crippen molar-refractivity contribution in [1.29, 1.82) is 0 Å². The summed E-state index contributed by atoms with van der Waals surface area (Å²) in [6, 6.07) is 56.5. The van der Waals surface area contributed by atoms with Gasteiger partial charge in [0.05, 0.1) is 0 Å². The summed E-state index contributed by atoms with van der Waals surface area (Å²) in [6.07, 6.45) is 2.23. The van der Waals surface area contributed by atoms with Crippen LogP contribution in [0.25, 0.3) is 54.2 Å². The van der Waals surface area contributed by atoms with Gasteiger partial charge < -0.3 is 4.90 Å². The standard InChI is InChI=1S/C47H35NS/c1-47(2)42-17-8-7-15-39(42)40-25-23-34(28-43(40)47)48(33-21-18-32(19-22-33)37-16-9-12-30-10-3-5-13-36(30)37)35-24-26-41-45(29-35)49-44-27-20-31-11-4-6-14-38(31)46(41)44/h3-19,21-26,28-29H,20,27H2,1-2H3. The quantitative estimate of drug-likeness (QED) is 0.184. The number of hydrogen-bond acceptors (Lipinski definition) is 2. The number of aryl methyl sites for hydroxylation is 2. The molecule has 49 heavy (non-hydrogen) atoms. The average Bonchev–Trinajstić information content (AvgIpc) is 3.64. The second-order valence-corrected chi connectivity index (χ2v) is 15.2. The van der Waals surface area contributed by atoms with Crippen LogP contribution in [-0.4, -0.2) is 0 Å². The minimum absolute atomic E-state index is 0.0734. The number of benzene rings is 7. The molecule has 1 nitrogen and oxygen atoms in total. The molecule has 0 radical (unpaired) electrons. The van der Waals surface area contributed by atoms with E-state index in [2.05, 4.69) is 170 Å². The highest BCUT2D eigenvalue weighted by molar-refractivity contribution is 7.19. The first kappa shape index (κ1) is 28.6. The molecule has 2 aliphatic rings. The van der Waals surface area contributed by atoms with Crippen LogP contribution in [0.15, 0.2) is 152 Å². The normalized spacial score (nSPS) is 13.9. The Morgan fingerprint density at radius 3 is 2.08 bits per heavy atom. The van der Waals surface area contributed by atoms with Crippen LogP contribution in [-0.2, 0) is 18.3 Å². The van der Waals surface area contributed by atoms with Crippen molar-refractivity contribution in [3.8, 4) is 33.4 Å². The van der Waals surface area contributed by atoms with E-state index >= 15 is 0 Å². The van der Waals surface area contributed by atoms with Crippen LogP contribution in [0.3, 0.4) is 0 Å². The lowest BCUT2D eigenvalue weighted by molar-refractivity contribution is 0.660. The summed E-state index contributed by atoms with van der Waals surface area (Å²) in [5.41, 5.74) is 15.7. The van der Waals surface area contributed by atoms with Crippen molar-refractivity contribution in [2.24, 2.45) is 0 Å². The van der Waals surface area contributed by atoms with Crippen LogP contribution < -0.4 is 4.90 Å². The molecular formula is C47H35NS. The largest absolute Gasteiger partial charge is 0.310 e. The first-order chi connectivity index (χ1) is 24.0. The van der Waals surface area contributed by atoms with E-state index in [9.17, 15) is 0 Å².